The first-order valence-corrected chi connectivity index (χ1v) is 10.5. The van der Waals surface area contributed by atoms with Crippen LogP contribution in [0.5, 0.6) is 0 Å². The molecule has 4 heteroatoms. The number of aliphatic hydroxyl groups is 1. The van der Waals surface area contributed by atoms with Gasteiger partial charge in [-0.15, -0.1) is 6.42 Å². The second kappa shape index (κ2) is 6.48. The number of rotatable bonds is 2. The van der Waals surface area contributed by atoms with E-state index in [0.29, 0.717) is 30.6 Å². The maximum absolute atomic E-state index is 11.9. The topological polar surface area (TPSA) is 63.6 Å². The molecule has 3 fully saturated rings. The zero-order chi connectivity index (χ0) is 19.4. The Labute approximate surface area is 161 Å². The van der Waals surface area contributed by atoms with Gasteiger partial charge in [-0.3, -0.25) is 9.59 Å². The first-order chi connectivity index (χ1) is 12.8. The first-order valence-electron chi connectivity index (χ1n) is 10.5. The number of carbonyl (C=O) groups excluding carboxylic acids is 2. The molecule has 4 nitrogen and oxygen atoms in total. The average molecular weight is 370 g/mol. The van der Waals surface area contributed by atoms with Gasteiger partial charge < -0.3 is 9.84 Å². The Morgan fingerprint density at radius 2 is 2.11 bits per heavy atom. The van der Waals surface area contributed by atoms with E-state index in [-0.39, 0.29) is 29.2 Å². The maximum Gasteiger partial charge on any atom is 0.302 e. The van der Waals surface area contributed by atoms with Crippen LogP contribution in [-0.2, 0) is 14.3 Å². The van der Waals surface area contributed by atoms with Crippen LogP contribution in [0.25, 0.3) is 0 Å². The van der Waals surface area contributed by atoms with Crippen molar-refractivity contribution in [1.82, 2.24) is 0 Å². The molecule has 0 aromatic rings. The van der Waals surface area contributed by atoms with Crippen molar-refractivity contribution in [2.24, 2.45) is 29.1 Å². The van der Waals surface area contributed by atoms with Crippen LogP contribution >= 0.6 is 0 Å². The molecule has 0 saturated heterocycles. The molecule has 0 bridgehead atoms. The number of hydrogen-bond donors (Lipinski definition) is 1. The summed E-state index contributed by atoms with van der Waals surface area (Å²) < 4.78 is 5.74. The van der Waals surface area contributed by atoms with E-state index in [1.54, 1.807) is 0 Å². The summed E-state index contributed by atoms with van der Waals surface area (Å²) in [6.07, 6.45) is 14.0. The van der Waals surface area contributed by atoms with Crippen LogP contribution in [-0.4, -0.2) is 28.6 Å². The number of terminal acetylenes is 1. The predicted molar refractivity (Wildman–Crippen MR) is 101 cm³/mol. The minimum atomic E-state index is -1.21. The Bertz CT molecular complexity index is 731. The molecule has 0 unspecified atom stereocenters. The summed E-state index contributed by atoms with van der Waals surface area (Å²) in [5.74, 6) is 4.12. The molecule has 4 rings (SSSR count). The summed E-state index contributed by atoms with van der Waals surface area (Å²) >= 11 is 0. The van der Waals surface area contributed by atoms with E-state index in [1.165, 1.54) is 12.5 Å². The third kappa shape index (κ3) is 2.62. The summed E-state index contributed by atoms with van der Waals surface area (Å²) in [5, 5.41) is 11.4. The number of esters is 1. The Morgan fingerprint density at radius 3 is 2.78 bits per heavy atom. The van der Waals surface area contributed by atoms with E-state index in [1.807, 2.05) is 6.08 Å². The third-order valence-corrected chi connectivity index (χ3v) is 8.29. The van der Waals surface area contributed by atoms with Crippen molar-refractivity contribution in [2.45, 2.75) is 76.9 Å². The SMILES string of the molecule is C#C[C@]1(O)C[C@H](OC(C)=O)[C@H]2[C@@H]3CCC4=CC(=O)CC[C@@H]4[C@H]3CC[C@@]21CC. The van der Waals surface area contributed by atoms with Crippen molar-refractivity contribution >= 4 is 11.8 Å². The largest absolute Gasteiger partial charge is 0.462 e. The number of ether oxygens (including phenoxy) is 1. The highest BCUT2D eigenvalue weighted by molar-refractivity contribution is 5.91. The third-order valence-electron chi connectivity index (χ3n) is 8.29. The molecule has 27 heavy (non-hydrogen) atoms. The number of fused-ring (bicyclic) bond motifs is 5. The first kappa shape index (κ1) is 18.7. The standard InChI is InChI=1S/C23H30O4/c1-4-22-11-10-18-17-9-7-16(25)12-15(17)6-8-19(18)21(22)20(27-14(3)24)13-23(22,26)5-2/h2,12,17-21,26H,4,6-11,13H2,1,3H3/t17-,18+,19+,20-,21+,22-,23-/m0/s1. The quantitative estimate of drug-likeness (QED) is 0.597. The lowest BCUT2D eigenvalue weighted by molar-refractivity contribution is -0.156. The van der Waals surface area contributed by atoms with E-state index in [4.69, 9.17) is 11.2 Å². The van der Waals surface area contributed by atoms with Gasteiger partial charge in [-0.25, -0.2) is 0 Å². The molecule has 0 aromatic carbocycles. The summed E-state index contributed by atoms with van der Waals surface area (Å²) in [4.78, 5) is 23.7. The highest BCUT2D eigenvalue weighted by Gasteiger charge is 2.68. The molecule has 0 spiro atoms. The lowest BCUT2D eigenvalue weighted by Gasteiger charge is -2.56. The van der Waals surface area contributed by atoms with Crippen LogP contribution in [0, 0.1) is 41.4 Å². The summed E-state index contributed by atoms with van der Waals surface area (Å²) in [6, 6.07) is 0. The van der Waals surface area contributed by atoms with Gasteiger partial charge in [-0.1, -0.05) is 18.4 Å². The fourth-order valence-corrected chi connectivity index (χ4v) is 7.29. The summed E-state index contributed by atoms with van der Waals surface area (Å²) in [5.41, 5.74) is -0.268. The number of carbonyl (C=O) groups is 2. The van der Waals surface area contributed by atoms with Gasteiger partial charge in [0.25, 0.3) is 0 Å². The molecule has 4 aliphatic rings. The second-order valence-electron chi connectivity index (χ2n) is 9.13. The van der Waals surface area contributed by atoms with Crippen molar-refractivity contribution < 1.29 is 19.4 Å². The summed E-state index contributed by atoms with van der Waals surface area (Å²) in [7, 11) is 0. The molecular weight excluding hydrogens is 340 g/mol. The minimum Gasteiger partial charge on any atom is -0.462 e. The zero-order valence-electron chi connectivity index (χ0n) is 16.4. The fraction of sp³-hybridized carbons (Fsp3) is 0.739. The molecule has 3 saturated carbocycles. The molecule has 0 radical (unpaired) electrons. The van der Waals surface area contributed by atoms with Gasteiger partial charge in [0.05, 0.1) is 0 Å². The average Bonchev–Trinajstić information content (AvgIpc) is 2.89. The van der Waals surface area contributed by atoms with Crippen molar-refractivity contribution in [3.8, 4) is 12.3 Å². The molecule has 1 N–H and O–H groups in total. The Morgan fingerprint density at radius 1 is 1.33 bits per heavy atom. The fourth-order valence-electron chi connectivity index (χ4n) is 7.29. The lowest BCUT2D eigenvalue weighted by Crippen LogP contribution is -2.54. The number of hydrogen-bond acceptors (Lipinski definition) is 4. The number of allylic oxidation sites excluding steroid dienone is 1. The predicted octanol–water partition coefficient (Wildman–Crippen LogP) is 3.42. The minimum absolute atomic E-state index is 0.102. The van der Waals surface area contributed by atoms with Crippen LogP contribution in [0.3, 0.4) is 0 Å². The molecule has 0 heterocycles. The normalized spacial score (nSPS) is 45.8. The Balaban J connectivity index is 1.73. The van der Waals surface area contributed by atoms with Crippen molar-refractivity contribution in [3.63, 3.8) is 0 Å². The van der Waals surface area contributed by atoms with Crippen molar-refractivity contribution in [3.05, 3.63) is 11.6 Å². The van der Waals surface area contributed by atoms with Crippen LogP contribution in [0.15, 0.2) is 11.6 Å². The van der Waals surface area contributed by atoms with E-state index >= 15 is 0 Å². The van der Waals surface area contributed by atoms with E-state index in [0.717, 1.165) is 38.5 Å². The molecule has 0 amide bonds. The zero-order valence-corrected chi connectivity index (χ0v) is 16.4. The van der Waals surface area contributed by atoms with Crippen LogP contribution < -0.4 is 0 Å². The van der Waals surface area contributed by atoms with E-state index < -0.39 is 5.60 Å². The van der Waals surface area contributed by atoms with E-state index in [9.17, 15) is 14.7 Å². The highest BCUT2D eigenvalue weighted by atomic mass is 16.5. The monoisotopic (exact) mass is 370 g/mol. The van der Waals surface area contributed by atoms with Gasteiger partial charge in [0.15, 0.2) is 5.78 Å². The van der Waals surface area contributed by atoms with Gasteiger partial charge in [-0.05, 0) is 62.4 Å². The van der Waals surface area contributed by atoms with Gasteiger partial charge in [0.2, 0.25) is 0 Å². The van der Waals surface area contributed by atoms with Crippen LogP contribution in [0.4, 0.5) is 0 Å². The lowest BCUT2D eigenvalue weighted by atomic mass is 9.49. The van der Waals surface area contributed by atoms with Gasteiger partial charge in [0, 0.05) is 31.1 Å². The van der Waals surface area contributed by atoms with Crippen molar-refractivity contribution in [2.75, 3.05) is 0 Å². The van der Waals surface area contributed by atoms with Crippen LogP contribution in [0.2, 0.25) is 0 Å². The number of ketones is 1. The Kier molecular flexibility index (Phi) is 4.50. The van der Waals surface area contributed by atoms with Gasteiger partial charge in [0.1, 0.15) is 11.7 Å². The Hall–Kier alpha value is -1.60. The van der Waals surface area contributed by atoms with Crippen molar-refractivity contribution in [1.29, 1.82) is 0 Å². The summed E-state index contributed by atoms with van der Waals surface area (Å²) in [6.45, 7) is 3.55. The maximum atomic E-state index is 11.9. The van der Waals surface area contributed by atoms with Crippen LogP contribution in [0.1, 0.15) is 65.2 Å². The molecule has 146 valence electrons. The molecule has 4 aliphatic carbocycles. The van der Waals surface area contributed by atoms with E-state index in [2.05, 4.69) is 12.8 Å². The molecule has 0 aliphatic heterocycles. The molecule has 7 atom stereocenters. The molecular formula is C23H30O4. The molecule has 0 aromatic heterocycles. The van der Waals surface area contributed by atoms with Gasteiger partial charge in [-0.2, -0.15) is 0 Å². The second-order valence-corrected chi connectivity index (χ2v) is 9.13. The van der Waals surface area contributed by atoms with Gasteiger partial charge >= 0.3 is 5.97 Å². The highest BCUT2D eigenvalue weighted by Crippen LogP contribution is 2.66. The smallest absolute Gasteiger partial charge is 0.302 e.